The zero-order valence-electron chi connectivity index (χ0n) is 13.2. The molecule has 3 heteroatoms. The van der Waals surface area contributed by atoms with Crippen LogP contribution < -0.4 is 0 Å². The van der Waals surface area contributed by atoms with Gasteiger partial charge in [0.2, 0.25) is 0 Å². The van der Waals surface area contributed by atoms with Crippen LogP contribution in [0, 0.1) is 0 Å². The SMILES string of the molecule is CC(C)c1ccnc(-c2ccc3c(cnn3C3CCC3)c2)c1. The molecule has 0 unspecified atom stereocenters. The van der Waals surface area contributed by atoms with Gasteiger partial charge in [-0.2, -0.15) is 5.10 Å². The first-order chi connectivity index (χ1) is 10.7. The molecule has 22 heavy (non-hydrogen) atoms. The van der Waals surface area contributed by atoms with Crippen molar-refractivity contribution in [2.24, 2.45) is 0 Å². The van der Waals surface area contributed by atoms with Crippen molar-refractivity contribution in [3.05, 3.63) is 48.3 Å². The molecule has 112 valence electrons. The van der Waals surface area contributed by atoms with Crippen LogP contribution in [0.25, 0.3) is 22.2 Å². The van der Waals surface area contributed by atoms with Gasteiger partial charge in [0, 0.05) is 17.1 Å². The third-order valence-electron chi connectivity index (χ3n) is 4.76. The topological polar surface area (TPSA) is 30.7 Å². The van der Waals surface area contributed by atoms with Crippen molar-refractivity contribution in [3.63, 3.8) is 0 Å². The molecule has 1 saturated carbocycles. The maximum Gasteiger partial charge on any atom is 0.0705 e. The van der Waals surface area contributed by atoms with E-state index >= 15 is 0 Å². The van der Waals surface area contributed by atoms with Crippen molar-refractivity contribution in [1.82, 2.24) is 14.8 Å². The van der Waals surface area contributed by atoms with Gasteiger partial charge in [-0.05, 0) is 55.0 Å². The molecule has 0 amide bonds. The van der Waals surface area contributed by atoms with Crippen molar-refractivity contribution in [1.29, 1.82) is 0 Å². The van der Waals surface area contributed by atoms with E-state index < -0.39 is 0 Å². The van der Waals surface area contributed by atoms with E-state index in [4.69, 9.17) is 0 Å². The van der Waals surface area contributed by atoms with Crippen LogP contribution in [0.4, 0.5) is 0 Å². The molecule has 0 atom stereocenters. The van der Waals surface area contributed by atoms with E-state index in [1.54, 1.807) is 0 Å². The molecule has 3 nitrogen and oxygen atoms in total. The number of pyridine rings is 1. The third kappa shape index (κ3) is 2.21. The molecule has 0 N–H and O–H groups in total. The summed E-state index contributed by atoms with van der Waals surface area (Å²) in [6.07, 6.45) is 7.75. The second kappa shape index (κ2) is 5.24. The summed E-state index contributed by atoms with van der Waals surface area (Å²) >= 11 is 0. The second-order valence-corrected chi connectivity index (χ2v) is 6.58. The molecule has 1 aliphatic carbocycles. The van der Waals surface area contributed by atoms with Gasteiger partial charge in [-0.15, -0.1) is 0 Å². The van der Waals surface area contributed by atoms with Gasteiger partial charge in [0.05, 0.1) is 23.4 Å². The normalized spacial score (nSPS) is 15.4. The minimum atomic E-state index is 0.520. The number of rotatable bonds is 3. The predicted octanol–water partition coefficient (Wildman–Crippen LogP) is 4.95. The van der Waals surface area contributed by atoms with Gasteiger partial charge in [0.1, 0.15) is 0 Å². The molecule has 2 aromatic heterocycles. The minimum absolute atomic E-state index is 0.520. The van der Waals surface area contributed by atoms with E-state index in [2.05, 4.69) is 58.9 Å². The monoisotopic (exact) mass is 291 g/mol. The van der Waals surface area contributed by atoms with Gasteiger partial charge in [-0.1, -0.05) is 19.9 Å². The van der Waals surface area contributed by atoms with E-state index in [-0.39, 0.29) is 0 Å². The van der Waals surface area contributed by atoms with Gasteiger partial charge in [-0.25, -0.2) is 0 Å². The summed E-state index contributed by atoms with van der Waals surface area (Å²) < 4.78 is 2.20. The highest BCUT2D eigenvalue weighted by atomic mass is 15.3. The Labute approximate surface area is 131 Å². The number of nitrogens with zero attached hydrogens (tertiary/aromatic N) is 3. The highest BCUT2D eigenvalue weighted by molar-refractivity contribution is 5.84. The summed E-state index contributed by atoms with van der Waals surface area (Å²) in [7, 11) is 0. The van der Waals surface area contributed by atoms with Gasteiger partial charge in [-0.3, -0.25) is 9.67 Å². The lowest BCUT2D eigenvalue weighted by Gasteiger charge is -2.26. The molecule has 0 aliphatic heterocycles. The van der Waals surface area contributed by atoms with E-state index in [0.717, 1.165) is 5.69 Å². The summed E-state index contributed by atoms with van der Waals surface area (Å²) in [4.78, 5) is 4.54. The number of benzene rings is 1. The Balaban J connectivity index is 1.75. The molecule has 3 aromatic rings. The standard InChI is InChI=1S/C19H21N3/c1-13(2)14-8-9-20-18(11-14)15-6-7-19-16(10-15)12-21-22(19)17-4-3-5-17/h6-13,17H,3-5H2,1-2H3. The summed E-state index contributed by atoms with van der Waals surface area (Å²) in [5.41, 5.74) is 4.79. The fourth-order valence-electron chi connectivity index (χ4n) is 3.10. The van der Waals surface area contributed by atoms with E-state index in [1.165, 1.54) is 41.3 Å². The predicted molar refractivity (Wildman–Crippen MR) is 89.9 cm³/mol. The first-order valence-corrected chi connectivity index (χ1v) is 8.16. The van der Waals surface area contributed by atoms with Gasteiger partial charge >= 0.3 is 0 Å². The maximum atomic E-state index is 4.59. The van der Waals surface area contributed by atoms with Crippen LogP contribution >= 0.6 is 0 Å². The average Bonchev–Trinajstić information content (AvgIpc) is 2.89. The molecular weight excluding hydrogens is 270 g/mol. The number of hydrogen-bond donors (Lipinski definition) is 0. The Bertz CT molecular complexity index is 812. The summed E-state index contributed by atoms with van der Waals surface area (Å²) in [6, 6.07) is 11.5. The number of hydrogen-bond acceptors (Lipinski definition) is 2. The van der Waals surface area contributed by atoms with Crippen LogP contribution in [0.5, 0.6) is 0 Å². The molecule has 0 bridgehead atoms. The fourth-order valence-corrected chi connectivity index (χ4v) is 3.10. The highest BCUT2D eigenvalue weighted by Gasteiger charge is 2.21. The molecule has 0 radical (unpaired) electrons. The molecular formula is C19H21N3. The summed E-state index contributed by atoms with van der Waals surface area (Å²) in [5, 5.41) is 5.80. The van der Waals surface area contributed by atoms with Crippen LogP contribution in [-0.2, 0) is 0 Å². The van der Waals surface area contributed by atoms with Crippen molar-refractivity contribution >= 4 is 10.9 Å². The van der Waals surface area contributed by atoms with Crippen LogP contribution in [0.3, 0.4) is 0 Å². The van der Waals surface area contributed by atoms with E-state index in [1.807, 2.05) is 12.4 Å². The van der Waals surface area contributed by atoms with Crippen LogP contribution in [-0.4, -0.2) is 14.8 Å². The molecule has 2 heterocycles. The Morgan fingerprint density at radius 3 is 2.73 bits per heavy atom. The third-order valence-corrected chi connectivity index (χ3v) is 4.76. The highest BCUT2D eigenvalue weighted by Crippen LogP contribution is 2.34. The van der Waals surface area contributed by atoms with Crippen LogP contribution in [0.2, 0.25) is 0 Å². The number of fused-ring (bicyclic) bond motifs is 1. The van der Waals surface area contributed by atoms with E-state index in [0.29, 0.717) is 12.0 Å². The van der Waals surface area contributed by atoms with Crippen molar-refractivity contribution in [3.8, 4) is 11.3 Å². The molecule has 1 fully saturated rings. The smallest absolute Gasteiger partial charge is 0.0705 e. The van der Waals surface area contributed by atoms with Crippen LogP contribution in [0.1, 0.15) is 50.6 Å². The van der Waals surface area contributed by atoms with Crippen molar-refractivity contribution < 1.29 is 0 Å². The average molecular weight is 291 g/mol. The minimum Gasteiger partial charge on any atom is -0.262 e. The Morgan fingerprint density at radius 1 is 1.14 bits per heavy atom. The van der Waals surface area contributed by atoms with E-state index in [9.17, 15) is 0 Å². The lowest BCUT2D eigenvalue weighted by atomic mass is 9.93. The largest absolute Gasteiger partial charge is 0.262 e. The first kappa shape index (κ1) is 13.5. The maximum absolute atomic E-state index is 4.59. The summed E-state index contributed by atoms with van der Waals surface area (Å²) in [5.74, 6) is 0.520. The van der Waals surface area contributed by atoms with Gasteiger partial charge in [0.25, 0.3) is 0 Å². The molecule has 4 rings (SSSR count). The summed E-state index contributed by atoms with van der Waals surface area (Å²) in [6.45, 7) is 4.43. The fraction of sp³-hybridized carbons (Fsp3) is 0.368. The molecule has 1 aromatic carbocycles. The van der Waals surface area contributed by atoms with Crippen LogP contribution in [0.15, 0.2) is 42.7 Å². The van der Waals surface area contributed by atoms with Crippen molar-refractivity contribution in [2.75, 3.05) is 0 Å². The van der Waals surface area contributed by atoms with Gasteiger partial charge < -0.3 is 0 Å². The lowest BCUT2D eigenvalue weighted by molar-refractivity contribution is 0.297. The Kier molecular flexibility index (Phi) is 3.21. The Hall–Kier alpha value is -2.16. The zero-order valence-corrected chi connectivity index (χ0v) is 13.2. The van der Waals surface area contributed by atoms with Gasteiger partial charge in [0.15, 0.2) is 0 Å². The Morgan fingerprint density at radius 2 is 2.00 bits per heavy atom. The number of aromatic nitrogens is 3. The van der Waals surface area contributed by atoms with Crippen molar-refractivity contribution in [2.45, 2.75) is 45.1 Å². The zero-order chi connectivity index (χ0) is 15.1. The lowest BCUT2D eigenvalue weighted by Crippen LogP contribution is -2.17. The molecule has 0 saturated heterocycles. The molecule has 1 aliphatic rings. The molecule has 0 spiro atoms. The second-order valence-electron chi connectivity index (χ2n) is 6.58. The first-order valence-electron chi connectivity index (χ1n) is 8.16. The quantitative estimate of drug-likeness (QED) is 0.683.